The van der Waals surface area contributed by atoms with Gasteiger partial charge in [-0.25, -0.2) is 4.98 Å². The fourth-order valence-corrected chi connectivity index (χ4v) is 1.06. The molecule has 4 heteroatoms. The van der Waals surface area contributed by atoms with Gasteiger partial charge in [0.2, 0.25) is 0 Å². The number of nitrogens with zero attached hydrogens (tertiary/aromatic N) is 3. The van der Waals surface area contributed by atoms with Crippen LogP contribution >= 0.6 is 0 Å². The molecule has 0 atom stereocenters. The first-order valence-electron chi connectivity index (χ1n) is 3.31. The largest absolute Gasteiger partial charge is 0.384 e. The quantitative estimate of drug-likeness (QED) is 0.593. The van der Waals surface area contributed by atoms with E-state index >= 15 is 0 Å². The second-order valence-electron chi connectivity index (χ2n) is 2.41. The summed E-state index contributed by atoms with van der Waals surface area (Å²) in [6.07, 6.45) is 1.70. The van der Waals surface area contributed by atoms with Crippen molar-refractivity contribution in [2.45, 2.75) is 0 Å². The highest BCUT2D eigenvalue weighted by Crippen LogP contribution is 2.10. The van der Waals surface area contributed by atoms with Crippen LogP contribution in [-0.4, -0.2) is 14.8 Å². The lowest BCUT2D eigenvalue weighted by molar-refractivity contribution is 0.797. The van der Waals surface area contributed by atoms with Crippen LogP contribution < -0.4 is 5.73 Å². The molecular weight excluding hydrogens is 140 g/mol. The van der Waals surface area contributed by atoms with Crippen molar-refractivity contribution in [2.24, 2.45) is 7.05 Å². The number of pyridine rings is 1. The van der Waals surface area contributed by atoms with Crippen molar-refractivity contribution in [3.05, 3.63) is 18.3 Å². The fourth-order valence-electron chi connectivity index (χ4n) is 1.06. The molecule has 0 saturated heterocycles. The monoisotopic (exact) mass is 148 g/mol. The van der Waals surface area contributed by atoms with Gasteiger partial charge in [0.1, 0.15) is 11.3 Å². The minimum Gasteiger partial charge on any atom is -0.384 e. The molecule has 0 unspecified atom stereocenters. The van der Waals surface area contributed by atoms with Crippen LogP contribution in [0.5, 0.6) is 0 Å². The van der Waals surface area contributed by atoms with Gasteiger partial charge in [0.05, 0.1) is 11.7 Å². The summed E-state index contributed by atoms with van der Waals surface area (Å²) < 4.78 is 1.77. The lowest BCUT2D eigenvalue weighted by atomic mass is 10.4. The molecule has 0 aromatic carbocycles. The van der Waals surface area contributed by atoms with E-state index in [9.17, 15) is 0 Å². The van der Waals surface area contributed by atoms with Gasteiger partial charge in [-0.3, -0.25) is 4.68 Å². The minimum atomic E-state index is 0.533. The number of hydrogen-bond donors (Lipinski definition) is 1. The van der Waals surface area contributed by atoms with Gasteiger partial charge in [-0.15, -0.1) is 0 Å². The molecule has 0 bridgehead atoms. The summed E-state index contributed by atoms with van der Waals surface area (Å²) in [5.74, 6) is 0.533. The molecule has 2 N–H and O–H groups in total. The molecule has 11 heavy (non-hydrogen) atoms. The highest BCUT2D eigenvalue weighted by Gasteiger charge is 1.98. The normalized spacial score (nSPS) is 10.6. The second kappa shape index (κ2) is 1.95. The zero-order valence-corrected chi connectivity index (χ0v) is 6.15. The molecule has 2 heterocycles. The van der Waals surface area contributed by atoms with E-state index in [1.54, 1.807) is 16.9 Å². The molecule has 0 fully saturated rings. The maximum atomic E-state index is 5.48. The predicted molar refractivity (Wildman–Crippen MR) is 42.9 cm³/mol. The van der Waals surface area contributed by atoms with Gasteiger partial charge in [0.15, 0.2) is 0 Å². The van der Waals surface area contributed by atoms with Crippen LogP contribution in [0.25, 0.3) is 11.0 Å². The average molecular weight is 148 g/mol. The van der Waals surface area contributed by atoms with Crippen LogP contribution in [0.4, 0.5) is 5.82 Å². The molecule has 0 aliphatic heterocycles. The van der Waals surface area contributed by atoms with Crippen molar-refractivity contribution in [1.82, 2.24) is 14.8 Å². The Morgan fingerprint density at radius 3 is 3.09 bits per heavy atom. The molecule has 4 nitrogen and oxygen atoms in total. The SMILES string of the molecule is Cn1ncc2nc(N)ccc21. The number of hydrogen-bond acceptors (Lipinski definition) is 3. The number of rotatable bonds is 0. The van der Waals surface area contributed by atoms with Gasteiger partial charge in [-0.1, -0.05) is 0 Å². The van der Waals surface area contributed by atoms with Gasteiger partial charge in [-0.05, 0) is 12.1 Å². The Morgan fingerprint density at radius 2 is 2.27 bits per heavy atom. The molecular formula is C7H8N4. The first kappa shape index (κ1) is 6.15. The summed E-state index contributed by atoms with van der Waals surface area (Å²) in [5, 5.41) is 4.04. The van der Waals surface area contributed by atoms with Gasteiger partial charge >= 0.3 is 0 Å². The second-order valence-corrected chi connectivity index (χ2v) is 2.41. The van der Waals surface area contributed by atoms with E-state index in [1.165, 1.54) is 0 Å². The summed E-state index contributed by atoms with van der Waals surface area (Å²) >= 11 is 0. The smallest absolute Gasteiger partial charge is 0.124 e. The van der Waals surface area contributed by atoms with Crippen LogP contribution in [-0.2, 0) is 7.05 Å². The Bertz CT molecular complexity index is 390. The summed E-state index contributed by atoms with van der Waals surface area (Å²) in [4.78, 5) is 4.09. The zero-order valence-electron chi connectivity index (χ0n) is 6.15. The average Bonchev–Trinajstić information content (AvgIpc) is 2.32. The van der Waals surface area contributed by atoms with E-state index in [0.29, 0.717) is 5.82 Å². The number of fused-ring (bicyclic) bond motifs is 1. The van der Waals surface area contributed by atoms with Crippen molar-refractivity contribution < 1.29 is 0 Å². The molecule has 0 radical (unpaired) electrons. The Labute approximate surface area is 63.6 Å². The standard InChI is InChI=1S/C7H8N4/c1-11-6-2-3-7(8)10-5(6)4-9-11/h2-4H,1H3,(H2,8,10). The van der Waals surface area contributed by atoms with Gasteiger partial charge in [-0.2, -0.15) is 5.10 Å². The molecule has 2 aromatic rings. The van der Waals surface area contributed by atoms with Gasteiger partial charge < -0.3 is 5.73 Å². The van der Waals surface area contributed by atoms with Crippen molar-refractivity contribution in [3.8, 4) is 0 Å². The van der Waals surface area contributed by atoms with E-state index in [1.807, 2.05) is 13.1 Å². The van der Waals surface area contributed by atoms with E-state index in [4.69, 9.17) is 5.73 Å². The molecule has 2 aromatic heterocycles. The maximum Gasteiger partial charge on any atom is 0.124 e. The van der Waals surface area contributed by atoms with Crippen LogP contribution in [0.2, 0.25) is 0 Å². The summed E-state index contributed by atoms with van der Waals surface area (Å²) in [7, 11) is 1.88. The molecule has 56 valence electrons. The molecule has 2 rings (SSSR count). The first-order valence-corrected chi connectivity index (χ1v) is 3.31. The molecule has 0 aliphatic rings. The van der Waals surface area contributed by atoms with Crippen molar-refractivity contribution in [1.29, 1.82) is 0 Å². The molecule has 0 saturated carbocycles. The lowest BCUT2D eigenvalue weighted by Crippen LogP contribution is -1.91. The predicted octanol–water partition coefficient (Wildman–Crippen LogP) is 0.550. The van der Waals surface area contributed by atoms with Gasteiger partial charge in [0.25, 0.3) is 0 Å². The number of nitrogens with two attached hydrogens (primary N) is 1. The number of aryl methyl sites for hydroxylation is 1. The summed E-state index contributed by atoms with van der Waals surface area (Å²) in [5.41, 5.74) is 7.32. The Balaban J connectivity index is 2.86. The third-order valence-electron chi connectivity index (χ3n) is 1.63. The van der Waals surface area contributed by atoms with Crippen molar-refractivity contribution in [3.63, 3.8) is 0 Å². The molecule has 0 amide bonds. The Hall–Kier alpha value is -1.58. The fraction of sp³-hybridized carbons (Fsp3) is 0.143. The van der Waals surface area contributed by atoms with Crippen LogP contribution in [0.1, 0.15) is 0 Å². The van der Waals surface area contributed by atoms with E-state index in [2.05, 4.69) is 10.1 Å². The number of anilines is 1. The van der Waals surface area contributed by atoms with Crippen LogP contribution in [0.15, 0.2) is 18.3 Å². The van der Waals surface area contributed by atoms with Crippen LogP contribution in [0.3, 0.4) is 0 Å². The molecule has 0 spiro atoms. The minimum absolute atomic E-state index is 0.533. The zero-order chi connectivity index (χ0) is 7.84. The summed E-state index contributed by atoms with van der Waals surface area (Å²) in [6, 6.07) is 3.68. The first-order chi connectivity index (χ1) is 5.27. The highest BCUT2D eigenvalue weighted by molar-refractivity contribution is 5.75. The Kier molecular flexibility index (Phi) is 1.09. The van der Waals surface area contributed by atoms with Crippen LogP contribution in [0, 0.1) is 0 Å². The highest BCUT2D eigenvalue weighted by atomic mass is 15.3. The van der Waals surface area contributed by atoms with E-state index in [-0.39, 0.29) is 0 Å². The topological polar surface area (TPSA) is 56.7 Å². The third kappa shape index (κ3) is 0.832. The summed E-state index contributed by atoms with van der Waals surface area (Å²) in [6.45, 7) is 0. The number of nitrogen functional groups attached to an aromatic ring is 1. The van der Waals surface area contributed by atoms with E-state index in [0.717, 1.165) is 11.0 Å². The van der Waals surface area contributed by atoms with Gasteiger partial charge in [0, 0.05) is 7.05 Å². The van der Waals surface area contributed by atoms with Crippen molar-refractivity contribution >= 4 is 16.9 Å². The number of aromatic nitrogens is 3. The maximum absolute atomic E-state index is 5.48. The van der Waals surface area contributed by atoms with E-state index < -0.39 is 0 Å². The Morgan fingerprint density at radius 1 is 1.45 bits per heavy atom. The lowest BCUT2D eigenvalue weighted by Gasteiger charge is -1.93. The third-order valence-corrected chi connectivity index (χ3v) is 1.63. The van der Waals surface area contributed by atoms with Crippen molar-refractivity contribution in [2.75, 3.05) is 5.73 Å². The molecule has 0 aliphatic carbocycles.